The topological polar surface area (TPSA) is 86.4 Å². The van der Waals surface area contributed by atoms with E-state index in [1.54, 1.807) is 13.3 Å². The normalized spacial score (nSPS) is 15.4. The molecule has 0 aromatic carbocycles. The van der Waals surface area contributed by atoms with Gasteiger partial charge in [-0.05, 0) is 13.0 Å². The molecule has 0 unspecified atom stereocenters. The lowest BCUT2D eigenvalue weighted by Crippen LogP contribution is -2.39. The van der Waals surface area contributed by atoms with Gasteiger partial charge in [0.2, 0.25) is 5.88 Å². The van der Waals surface area contributed by atoms with E-state index in [0.29, 0.717) is 18.2 Å². The Kier molecular flexibility index (Phi) is 5.10. The highest BCUT2D eigenvalue weighted by atomic mass is 16.5. The average Bonchev–Trinajstić information content (AvgIpc) is 2.63. The predicted octanol–water partition coefficient (Wildman–Crippen LogP) is 1.70. The third-order valence-electron chi connectivity index (χ3n) is 4.14. The Labute approximate surface area is 141 Å². The average molecular weight is 329 g/mol. The monoisotopic (exact) mass is 329 g/mol. The summed E-state index contributed by atoms with van der Waals surface area (Å²) in [6.07, 6.45) is 5.61. The maximum Gasteiger partial charge on any atom is 0.213 e. The number of hydrogen-bond donors (Lipinski definition) is 1. The van der Waals surface area contributed by atoms with E-state index >= 15 is 0 Å². The Hall–Kier alpha value is -2.41. The molecule has 2 N–H and O–H groups in total. The van der Waals surface area contributed by atoms with Crippen molar-refractivity contribution in [3.8, 4) is 11.6 Å². The molecule has 1 aliphatic heterocycles. The van der Waals surface area contributed by atoms with Crippen molar-refractivity contribution < 1.29 is 9.47 Å². The molecule has 1 aliphatic rings. The summed E-state index contributed by atoms with van der Waals surface area (Å²) in [5, 5.41) is 0. The second-order valence-electron chi connectivity index (χ2n) is 5.84. The number of pyridine rings is 1. The van der Waals surface area contributed by atoms with E-state index < -0.39 is 0 Å². The van der Waals surface area contributed by atoms with Gasteiger partial charge in [-0.2, -0.15) is 0 Å². The van der Waals surface area contributed by atoms with Gasteiger partial charge < -0.3 is 20.1 Å². The molecule has 0 atom stereocenters. The Bertz CT molecular complexity index is 669. The van der Waals surface area contributed by atoms with Crippen LogP contribution in [-0.2, 0) is 6.54 Å². The first-order valence-electron chi connectivity index (χ1n) is 8.14. The van der Waals surface area contributed by atoms with Crippen LogP contribution in [0.15, 0.2) is 24.5 Å². The molecule has 2 aromatic heterocycles. The smallest absolute Gasteiger partial charge is 0.213 e. The number of nitrogens with two attached hydrogens (primary N) is 1. The Morgan fingerprint density at radius 2 is 2.00 bits per heavy atom. The number of piperidine rings is 1. The summed E-state index contributed by atoms with van der Waals surface area (Å²) in [6, 6.07) is 3.70. The van der Waals surface area contributed by atoms with Crippen LogP contribution in [-0.4, -0.2) is 41.3 Å². The van der Waals surface area contributed by atoms with Gasteiger partial charge in [0, 0.05) is 43.8 Å². The summed E-state index contributed by atoms with van der Waals surface area (Å²) in [4.78, 5) is 15.2. The highest BCUT2D eigenvalue weighted by molar-refractivity contribution is 5.45. The summed E-state index contributed by atoms with van der Waals surface area (Å²) in [6.45, 7) is 4.19. The molecule has 3 heterocycles. The van der Waals surface area contributed by atoms with E-state index in [-0.39, 0.29) is 6.10 Å². The number of aryl methyl sites for hydroxylation is 1. The molecular formula is C17H23N5O2. The van der Waals surface area contributed by atoms with Gasteiger partial charge in [-0.3, -0.25) is 0 Å². The molecule has 1 fully saturated rings. The highest BCUT2D eigenvalue weighted by Crippen LogP contribution is 2.24. The number of rotatable bonds is 5. The van der Waals surface area contributed by atoms with Crippen LogP contribution >= 0.6 is 0 Å². The fraction of sp³-hybridized carbons (Fsp3) is 0.471. The summed E-state index contributed by atoms with van der Waals surface area (Å²) >= 11 is 0. The predicted molar refractivity (Wildman–Crippen MR) is 91.3 cm³/mol. The quantitative estimate of drug-likeness (QED) is 0.893. The van der Waals surface area contributed by atoms with E-state index in [4.69, 9.17) is 15.2 Å². The standard InChI is InChI=1S/C17H23N5O2/c1-12-10-19-15(9-18)21-17(12)22-7-5-13(6-8-22)24-14-3-4-16(23-2)20-11-14/h3-4,10-11,13H,5-9,18H2,1-2H3. The molecule has 0 amide bonds. The van der Waals surface area contributed by atoms with Gasteiger partial charge in [0.25, 0.3) is 0 Å². The molecular weight excluding hydrogens is 306 g/mol. The van der Waals surface area contributed by atoms with Crippen LogP contribution in [0.25, 0.3) is 0 Å². The van der Waals surface area contributed by atoms with Gasteiger partial charge in [0.1, 0.15) is 23.5 Å². The van der Waals surface area contributed by atoms with Gasteiger partial charge in [0.05, 0.1) is 19.9 Å². The molecule has 0 aliphatic carbocycles. The van der Waals surface area contributed by atoms with Crippen molar-refractivity contribution in [3.63, 3.8) is 0 Å². The number of methoxy groups -OCH3 is 1. The third kappa shape index (κ3) is 3.73. The van der Waals surface area contributed by atoms with Crippen LogP contribution in [0.1, 0.15) is 24.2 Å². The van der Waals surface area contributed by atoms with Crippen LogP contribution in [0.4, 0.5) is 5.82 Å². The van der Waals surface area contributed by atoms with Gasteiger partial charge in [-0.15, -0.1) is 0 Å². The fourth-order valence-electron chi connectivity index (χ4n) is 2.82. The summed E-state index contributed by atoms with van der Waals surface area (Å²) < 4.78 is 11.1. The first kappa shape index (κ1) is 16.4. The largest absolute Gasteiger partial charge is 0.489 e. The van der Waals surface area contributed by atoms with Crippen molar-refractivity contribution in [2.45, 2.75) is 32.4 Å². The summed E-state index contributed by atoms with van der Waals surface area (Å²) in [7, 11) is 1.60. The zero-order valence-electron chi connectivity index (χ0n) is 14.1. The Morgan fingerprint density at radius 1 is 1.21 bits per heavy atom. The molecule has 3 rings (SSSR count). The van der Waals surface area contributed by atoms with Crippen molar-refractivity contribution in [3.05, 3.63) is 35.9 Å². The summed E-state index contributed by atoms with van der Waals surface area (Å²) in [5.74, 6) is 3.03. The van der Waals surface area contributed by atoms with Crippen molar-refractivity contribution in [1.29, 1.82) is 0 Å². The second kappa shape index (κ2) is 7.44. The number of anilines is 1. The molecule has 0 saturated carbocycles. The van der Waals surface area contributed by atoms with Crippen LogP contribution in [0, 0.1) is 6.92 Å². The van der Waals surface area contributed by atoms with E-state index in [1.165, 1.54) is 0 Å². The zero-order valence-corrected chi connectivity index (χ0v) is 14.1. The zero-order chi connectivity index (χ0) is 16.9. The maximum atomic E-state index is 6.02. The molecule has 1 saturated heterocycles. The molecule has 2 aromatic rings. The van der Waals surface area contributed by atoms with Gasteiger partial charge >= 0.3 is 0 Å². The minimum atomic E-state index is 0.188. The highest BCUT2D eigenvalue weighted by Gasteiger charge is 2.23. The molecule has 24 heavy (non-hydrogen) atoms. The van der Waals surface area contributed by atoms with Gasteiger partial charge in [-0.25, -0.2) is 15.0 Å². The van der Waals surface area contributed by atoms with Gasteiger partial charge in [-0.1, -0.05) is 0 Å². The number of nitrogens with zero attached hydrogens (tertiary/aromatic N) is 4. The van der Waals surface area contributed by atoms with Crippen LogP contribution in [0.5, 0.6) is 11.6 Å². The SMILES string of the molecule is COc1ccc(OC2CCN(c3nc(CN)ncc3C)CC2)cn1. The minimum absolute atomic E-state index is 0.188. The number of aromatic nitrogens is 3. The molecule has 0 radical (unpaired) electrons. The van der Waals surface area contributed by atoms with E-state index in [1.807, 2.05) is 25.3 Å². The lowest BCUT2D eigenvalue weighted by Gasteiger charge is -2.33. The van der Waals surface area contributed by atoms with E-state index in [9.17, 15) is 0 Å². The van der Waals surface area contributed by atoms with Crippen LogP contribution in [0.3, 0.4) is 0 Å². The first-order valence-corrected chi connectivity index (χ1v) is 8.14. The lowest BCUT2D eigenvalue weighted by atomic mass is 10.1. The van der Waals surface area contributed by atoms with Crippen molar-refractivity contribution in [2.24, 2.45) is 5.73 Å². The van der Waals surface area contributed by atoms with Crippen LogP contribution in [0.2, 0.25) is 0 Å². The van der Waals surface area contributed by atoms with E-state index in [0.717, 1.165) is 43.1 Å². The minimum Gasteiger partial charge on any atom is -0.489 e. The van der Waals surface area contributed by atoms with Crippen molar-refractivity contribution in [2.75, 3.05) is 25.1 Å². The molecule has 0 bridgehead atoms. The van der Waals surface area contributed by atoms with Gasteiger partial charge in [0.15, 0.2) is 0 Å². The Balaban J connectivity index is 1.59. The number of ether oxygens (including phenoxy) is 2. The number of hydrogen-bond acceptors (Lipinski definition) is 7. The molecule has 128 valence electrons. The third-order valence-corrected chi connectivity index (χ3v) is 4.14. The molecule has 7 nitrogen and oxygen atoms in total. The lowest BCUT2D eigenvalue weighted by molar-refractivity contribution is 0.169. The fourth-order valence-corrected chi connectivity index (χ4v) is 2.82. The Morgan fingerprint density at radius 3 is 2.62 bits per heavy atom. The van der Waals surface area contributed by atoms with Crippen molar-refractivity contribution in [1.82, 2.24) is 15.0 Å². The van der Waals surface area contributed by atoms with E-state index in [2.05, 4.69) is 19.9 Å². The first-order chi connectivity index (χ1) is 11.7. The molecule has 7 heteroatoms. The molecule has 0 spiro atoms. The maximum absolute atomic E-state index is 6.02. The second-order valence-corrected chi connectivity index (χ2v) is 5.84. The summed E-state index contributed by atoms with van der Waals surface area (Å²) in [5.41, 5.74) is 6.72. The van der Waals surface area contributed by atoms with Crippen LogP contribution < -0.4 is 20.1 Å². The van der Waals surface area contributed by atoms with Crippen molar-refractivity contribution >= 4 is 5.82 Å².